The lowest BCUT2D eigenvalue weighted by molar-refractivity contribution is -0.115. The van der Waals surface area contributed by atoms with Gasteiger partial charge in [0.2, 0.25) is 5.91 Å². The fourth-order valence-electron chi connectivity index (χ4n) is 2.31. The van der Waals surface area contributed by atoms with Gasteiger partial charge in [0, 0.05) is 13.1 Å². The molecule has 0 fully saturated rings. The van der Waals surface area contributed by atoms with Crippen molar-refractivity contribution in [1.82, 2.24) is 14.7 Å². The highest BCUT2D eigenvalue weighted by molar-refractivity contribution is 8.00. The number of amides is 1. The largest absolute Gasteiger partial charge is 0.360 e. The summed E-state index contributed by atoms with van der Waals surface area (Å²) in [5, 5.41) is 7.16. The summed E-state index contributed by atoms with van der Waals surface area (Å²) in [5.74, 6) is 1.01. The number of aryl methyl sites for hydroxylation is 2. The minimum absolute atomic E-state index is 0.0992. The lowest BCUT2D eigenvalue weighted by Crippen LogP contribution is -2.25. The van der Waals surface area contributed by atoms with Crippen LogP contribution in [-0.4, -0.2) is 25.9 Å². The monoisotopic (exact) mass is 330 g/mol. The molecule has 3 rings (SSSR count). The molecule has 2 aromatic heterocycles. The van der Waals surface area contributed by atoms with Crippen LogP contribution in [0.4, 0.5) is 5.82 Å². The first-order chi connectivity index (χ1) is 11.1. The van der Waals surface area contributed by atoms with Gasteiger partial charge in [-0.25, -0.2) is 4.98 Å². The molecule has 1 aromatic carbocycles. The van der Waals surface area contributed by atoms with Crippen molar-refractivity contribution < 1.29 is 9.32 Å². The molecule has 0 saturated carbocycles. The zero-order chi connectivity index (χ0) is 16.4. The molecule has 0 unspecified atom stereocenters. The predicted octanol–water partition coefficient (Wildman–Crippen LogP) is 3.38. The van der Waals surface area contributed by atoms with E-state index in [4.69, 9.17) is 4.52 Å². The molecule has 2 heterocycles. The van der Waals surface area contributed by atoms with Gasteiger partial charge in [0.25, 0.3) is 0 Å². The summed E-state index contributed by atoms with van der Waals surface area (Å²) in [5.41, 5.74) is 1.98. The first kappa shape index (κ1) is 15.6. The molecule has 0 aliphatic heterocycles. The molecule has 1 amide bonds. The van der Waals surface area contributed by atoms with Crippen molar-refractivity contribution in [2.45, 2.75) is 30.7 Å². The minimum atomic E-state index is -0.248. The molecule has 1 N–H and O–H groups in total. The molecule has 23 heavy (non-hydrogen) atoms. The highest BCUT2D eigenvalue weighted by Gasteiger charge is 2.22. The van der Waals surface area contributed by atoms with E-state index in [2.05, 4.69) is 15.5 Å². The van der Waals surface area contributed by atoms with Crippen LogP contribution in [0.15, 0.2) is 40.0 Å². The fraction of sp³-hybridized carbons (Fsp3) is 0.312. The molecule has 0 saturated heterocycles. The number of carbonyl (C=O) groups excluding carboxylic acids is 1. The molecule has 6 nitrogen and oxygen atoms in total. The number of aromatic nitrogens is 3. The third-order valence-electron chi connectivity index (χ3n) is 3.54. The predicted molar refractivity (Wildman–Crippen MR) is 90.5 cm³/mol. The summed E-state index contributed by atoms with van der Waals surface area (Å²) in [4.78, 5) is 17.0. The van der Waals surface area contributed by atoms with E-state index in [1.807, 2.05) is 42.8 Å². The number of hydrogen-bond donors (Lipinski definition) is 1. The smallest absolute Gasteiger partial charge is 0.239 e. The van der Waals surface area contributed by atoms with Crippen molar-refractivity contribution >= 4 is 34.5 Å². The van der Waals surface area contributed by atoms with Gasteiger partial charge in [0.1, 0.15) is 5.76 Å². The Morgan fingerprint density at radius 1 is 1.43 bits per heavy atom. The lowest BCUT2D eigenvalue weighted by Gasteiger charge is -2.13. The van der Waals surface area contributed by atoms with Crippen LogP contribution in [0.25, 0.3) is 11.0 Å². The number of hydrogen-bond acceptors (Lipinski definition) is 5. The number of thioether (sulfide) groups is 1. The standard InChI is InChI=1S/C16H18N4O2S/c1-4-13(15(21)18-14-9-10(2)22-19-14)23-16-17-11-7-5-6-8-12(11)20(16)3/h5-9,13H,4H2,1-3H3,(H,18,19,21)/t13-/m0/s1. The molecule has 1 atom stereocenters. The maximum atomic E-state index is 12.4. The van der Waals surface area contributed by atoms with Crippen molar-refractivity contribution in [1.29, 1.82) is 0 Å². The zero-order valence-corrected chi connectivity index (χ0v) is 14.1. The third-order valence-corrected chi connectivity index (χ3v) is 4.94. The number of anilines is 1. The summed E-state index contributed by atoms with van der Waals surface area (Å²) in [6.07, 6.45) is 0.691. The Morgan fingerprint density at radius 3 is 2.87 bits per heavy atom. The zero-order valence-electron chi connectivity index (χ0n) is 13.2. The molecule has 7 heteroatoms. The Kier molecular flexibility index (Phi) is 4.38. The first-order valence-corrected chi connectivity index (χ1v) is 8.28. The Balaban J connectivity index is 1.77. The Hall–Kier alpha value is -2.28. The van der Waals surface area contributed by atoms with E-state index < -0.39 is 0 Å². The van der Waals surface area contributed by atoms with Crippen LogP contribution in [0.1, 0.15) is 19.1 Å². The summed E-state index contributed by atoms with van der Waals surface area (Å²) in [6.45, 7) is 3.77. The molecule has 0 spiro atoms. The molecule has 0 aliphatic carbocycles. The summed E-state index contributed by atoms with van der Waals surface area (Å²) >= 11 is 1.46. The second-order valence-corrected chi connectivity index (χ2v) is 6.44. The van der Waals surface area contributed by atoms with Crippen molar-refractivity contribution in [2.75, 3.05) is 5.32 Å². The summed E-state index contributed by atoms with van der Waals surface area (Å²) in [6, 6.07) is 9.63. The van der Waals surface area contributed by atoms with Gasteiger partial charge in [-0.1, -0.05) is 36.0 Å². The van der Waals surface area contributed by atoms with Gasteiger partial charge < -0.3 is 14.4 Å². The Bertz CT molecular complexity index is 840. The van der Waals surface area contributed by atoms with E-state index in [0.29, 0.717) is 18.0 Å². The number of imidazole rings is 1. The molecule has 3 aromatic rings. The van der Waals surface area contributed by atoms with Gasteiger partial charge in [-0.2, -0.15) is 0 Å². The van der Waals surface area contributed by atoms with Crippen LogP contribution in [-0.2, 0) is 11.8 Å². The van der Waals surface area contributed by atoms with E-state index in [0.717, 1.165) is 16.2 Å². The second-order valence-electron chi connectivity index (χ2n) is 5.27. The van der Waals surface area contributed by atoms with Crippen LogP contribution < -0.4 is 5.32 Å². The Morgan fingerprint density at radius 2 is 2.22 bits per heavy atom. The molecule has 0 aliphatic rings. The number of carbonyl (C=O) groups is 1. The summed E-state index contributed by atoms with van der Waals surface area (Å²) in [7, 11) is 1.96. The minimum Gasteiger partial charge on any atom is -0.360 e. The highest BCUT2D eigenvalue weighted by Crippen LogP contribution is 2.28. The number of benzene rings is 1. The van der Waals surface area contributed by atoms with Gasteiger partial charge in [0.15, 0.2) is 11.0 Å². The van der Waals surface area contributed by atoms with Gasteiger partial charge in [-0.3, -0.25) is 4.79 Å². The van der Waals surface area contributed by atoms with E-state index in [-0.39, 0.29) is 11.2 Å². The average Bonchev–Trinajstić information content (AvgIpc) is 3.09. The van der Waals surface area contributed by atoms with Crippen LogP contribution >= 0.6 is 11.8 Å². The maximum absolute atomic E-state index is 12.4. The van der Waals surface area contributed by atoms with Gasteiger partial charge >= 0.3 is 0 Å². The quantitative estimate of drug-likeness (QED) is 0.726. The first-order valence-electron chi connectivity index (χ1n) is 7.40. The fourth-order valence-corrected chi connectivity index (χ4v) is 3.30. The van der Waals surface area contributed by atoms with Gasteiger partial charge in [-0.15, -0.1) is 0 Å². The molecule has 0 bridgehead atoms. The highest BCUT2D eigenvalue weighted by atomic mass is 32.2. The van der Waals surface area contributed by atoms with E-state index in [1.165, 1.54) is 11.8 Å². The number of nitrogens with zero attached hydrogens (tertiary/aromatic N) is 3. The van der Waals surface area contributed by atoms with E-state index >= 15 is 0 Å². The molecular weight excluding hydrogens is 312 g/mol. The molecular formula is C16H18N4O2S. The number of fused-ring (bicyclic) bond motifs is 1. The van der Waals surface area contributed by atoms with Crippen LogP contribution in [0.2, 0.25) is 0 Å². The maximum Gasteiger partial charge on any atom is 0.239 e. The van der Waals surface area contributed by atoms with E-state index in [1.54, 1.807) is 13.0 Å². The van der Waals surface area contributed by atoms with Crippen LogP contribution in [0.3, 0.4) is 0 Å². The SMILES string of the molecule is CC[C@H](Sc1nc2ccccc2n1C)C(=O)Nc1cc(C)on1. The van der Waals surface area contributed by atoms with Crippen molar-refractivity contribution in [3.8, 4) is 0 Å². The third kappa shape index (κ3) is 3.24. The normalized spacial score (nSPS) is 12.5. The molecule has 0 radical (unpaired) electrons. The van der Waals surface area contributed by atoms with E-state index in [9.17, 15) is 4.79 Å². The number of rotatable bonds is 5. The summed E-state index contributed by atoms with van der Waals surface area (Å²) < 4.78 is 6.98. The Labute approximate surface area is 138 Å². The second kappa shape index (κ2) is 6.45. The van der Waals surface area contributed by atoms with Gasteiger partial charge in [0.05, 0.1) is 16.3 Å². The topological polar surface area (TPSA) is 73.0 Å². The molecule has 120 valence electrons. The van der Waals surface area contributed by atoms with Gasteiger partial charge in [-0.05, 0) is 25.5 Å². The lowest BCUT2D eigenvalue weighted by atomic mass is 10.3. The number of para-hydroxylation sites is 2. The number of nitrogens with one attached hydrogen (secondary N) is 1. The van der Waals surface area contributed by atoms with Crippen molar-refractivity contribution in [3.05, 3.63) is 36.1 Å². The van der Waals surface area contributed by atoms with Crippen LogP contribution in [0.5, 0.6) is 0 Å². The van der Waals surface area contributed by atoms with Crippen molar-refractivity contribution in [3.63, 3.8) is 0 Å². The van der Waals surface area contributed by atoms with Crippen LogP contribution in [0, 0.1) is 6.92 Å². The van der Waals surface area contributed by atoms with Crippen molar-refractivity contribution in [2.24, 2.45) is 7.05 Å². The average molecular weight is 330 g/mol.